The van der Waals surface area contributed by atoms with Crippen LogP contribution in [0.15, 0.2) is 23.3 Å². The van der Waals surface area contributed by atoms with Gasteiger partial charge in [0, 0.05) is 0 Å². The van der Waals surface area contributed by atoms with Crippen LogP contribution in [-0.4, -0.2) is 22.4 Å². The highest BCUT2D eigenvalue weighted by Gasteiger charge is 2.08. The molecule has 1 aromatic carbocycles. The summed E-state index contributed by atoms with van der Waals surface area (Å²) in [5.41, 5.74) is 0.357. The first-order chi connectivity index (χ1) is 6.15. The number of hydrazone groups is 1. The van der Waals surface area contributed by atoms with E-state index in [-0.39, 0.29) is 11.3 Å². The zero-order valence-corrected chi connectivity index (χ0v) is 6.64. The van der Waals surface area contributed by atoms with Gasteiger partial charge >= 0.3 is 5.97 Å². The van der Waals surface area contributed by atoms with Crippen molar-refractivity contribution in [1.29, 1.82) is 0 Å². The lowest BCUT2D eigenvalue weighted by molar-refractivity contribution is 0.0693. The standard InChI is InChI=1S/C8H8N2O3/c9-10-4-5-1-2-7(11)6(3-5)8(12)13/h1-4,11H,9H2,(H,12,13). The van der Waals surface area contributed by atoms with E-state index in [0.717, 1.165) is 0 Å². The lowest BCUT2D eigenvalue weighted by Crippen LogP contribution is -1.98. The maximum Gasteiger partial charge on any atom is 0.339 e. The predicted octanol–water partition coefficient (Wildman–Crippen LogP) is 0.383. The van der Waals surface area contributed by atoms with Crippen molar-refractivity contribution >= 4 is 12.2 Å². The van der Waals surface area contributed by atoms with Gasteiger partial charge in [-0.3, -0.25) is 0 Å². The number of benzene rings is 1. The van der Waals surface area contributed by atoms with E-state index >= 15 is 0 Å². The van der Waals surface area contributed by atoms with Crippen molar-refractivity contribution in [2.75, 3.05) is 0 Å². The Kier molecular flexibility index (Phi) is 2.49. The Morgan fingerprint density at radius 3 is 2.77 bits per heavy atom. The monoisotopic (exact) mass is 180 g/mol. The van der Waals surface area contributed by atoms with Crippen LogP contribution < -0.4 is 5.84 Å². The Morgan fingerprint density at radius 2 is 2.23 bits per heavy atom. The number of hydrogen-bond acceptors (Lipinski definition) is 4. The minimum atomic E-state index is -1.19. The van der Waals surface area contributed by atoms with Crippen LogP contribution in [0.4, 0.5) is 0 Å². The van der Waals surface area contributed by atoms with Crippen LogP contribution in [0, 0.1) is 0 Å². The molecule has 0 fully saturated rings. The maximum atomic E-state index is 10.5. The van der Waals surface area contributed by atoms with Crippen LogP contribution in [0.5, 0.6) is 5.75 Å². The molecule has 0 saturated carbocycles. The third-order valence-corrected chi connectivity index (χ3v) is 1.47. The van der Waals surface area contributed by atoms with Crippen molar-refractivity contribution in [3.63, 3.8) is 0 Å². The summed E-state index contributed by atoms with van der Waals surface area (Å²) in [5.74, 6) is 3.42. The molecule has 0 saturated heterocycles. The van der Waals surface area contributed by atoms with E-state index < -0.39 is 5.97 Å². The average molecular weight is 180 g/mol. The molecule has 0 aliphatic carbocycles. The predicted molar refractivity (Wildman–Crippen MR) is 46.8 cm³/mol. The molecule has 0 aromatic heterocycles. The molecule has 1 aromatic rings. The van der Waals surface area contributed by atoms with Crippen LogP contribution in [-0.2, 0) is 0 Å². The minimum absolute atomic E-state index is 0.169. The molecule has 5 heteroatoms. The first-order valence-corrected chi connectivity index (χ1v) is 3.44. The molecule has 0 spiro atoms. The van der Waals surface area contributed by atoms with Gasteiger partial charge < -0.3 is 16.1 Å². The number of nitrogens with zero attached hydrogens (tertiary/aromatic N) is 1. The lowest BCUT2D eigenvalue weighted by atomic mass is 10.1. The second-order valence-electron chi connectivity index (χ2n) is 2.36. The van der Waals surface area contributed by atoms with E-state index in [1.165, 1.54) is 24.4 Å². The van der Waals surface area contributed by atoms with Gasteiger partial charge in [0.15, 0.2) is 0 Å². The van der Waals surface area contributed by atoms with Crippen molar-refractivity contribution in [3.05, 3.63) is 29.3 Å². The summed E-state index contributed by atoms with van der Waals surface area (Å²) in [4.78, 5) is 10.5. The van der Waals surface area contributed by atoms with Crippen LogP contribution in [0.2, 0.25) is 0 Å². The molecule has 4 N–H and O–H groups in total. The molecule has 13 heavy (non-hydrogen) atoms. The fraction of sp³-hybridized carbons (Fsp3) is 0. The second-order valence-corrected chi connectivity index (χ2v) is 2.36. The van der Waals surface area contributed by atoms with Crippen LogP contribution >= 0.6 is 0 Å². The van der Waals surface area contributed by atoms with Crippen molar-refractivity contribution in [2.45, 2.75) is 0 Å². The third-order valence-electron chi connectivity index (χ3n) is 1.47. The molecule has 0 heterocycles. The summed E-state index contributed by atoms with van der Waals surface area (Å²) in [6.45, 7) is 0. The third kappa shape index (κ3) is 1.96. The van der Waals surface area contributed by atoms with Crippen molar-refractivity contribution in [1.82, 2.24) is 0 Å². The van der Waals surface area contributed by atoms with E-state index in [1.807, 2.05) is 0 Å². The quantitative estimate of drug-likeness (QED) is 0.348. The number of carbonyl (C=O) groups is 1. The number of rotatable bonds is 2. The Bertz CT molecular complexity index is 360. The fourth-order valence-electron chi connectivity index (χ4n) is 0.891. The van der Waals surface area contributed by atoms with Gasteiger partial charge in [-0.05, 0) is 23.8 Å². The van der Waals surface area contributed by atoms with Gasteiger partial charge in [0.05, 0.1) is 6.21 Å². The van der Waals surface area contributed by atoms with Crippen LogP contribution in [0.1, 0.15) is 15.9 Å². The topological polar surface area (TPSA) is 95.9 Å². The van der Waals surface area contributed by atoms with E-state index in [2.05, 4.69) is 5.10 Å². The number of aromatic hydroxyl groups is 1. The molecule has 0 radical (unpaired) electrons. The van der Waals surface area contributed by atoms with Crippen molar-refractivity contribution in [2.24, 2.45) is 10.9 Å². The van der Waals surface area contributed by atoms with Crippen molar-refractivity contribution in [3.8, 4) is 5.75 Å². The summed E-state index contributed by atoms with van der Waals surface area (Å²) in [6, 6.07) is 4.08. The fourth-order valence-corrected chi connectivity index (χ4v) is 0.891. The Hall–Kier alpha value is -2.04. The van der Waals surface area contributed by atoms with Gasteiger partial charge in [0.2, 0.25) is 0 Å². The van der Waals surface area contributed by atoms with Gasteiger partial charge in [-0.1, -0.05) is 0 Å². The Morgan fingerprint density at radius 1 is 1.54 bits per heavy atom. The molecule has 0 unspecified atom stereocenters. The number of aromatic carboxylic acids is 1. The summed E-state index contributed by atoms with van der Waals surface area (Å²) in [6.07, 6.45) is 1.30. The first-order valence-electron chi connectivity index (χ1n) is 3.44. The second kappa shape index (κ2) is 3.57. The molecule has 0 aliphatic rings. The summed E-state index contributed by atoms with van der Waals surface area (Å²) in [5, 5.41) is 21.0. The summed E-state index contributed by atoms with van der Waals surface area (Å²) < 4.78 is 0. The van der Waals surface area contributed by atoms with E-state index in [1.54, 1.807) is 0 Å². The Labute approximate surface area is 74.1 Å². The molecule has 68 valence electrons. The minimum Gasteiger partial charge on any atom is -0.507 e. The van der Waals surface area contributed by atoms with Crippen LogP contribution in [0.25, 0.3) is 0 Å². The first kappa shape index (κ1) is 9.05. The highest BCUT2D eigenvalue weighted by molar-refractivity contribution is 5.93. The Balaban J connectivity index is 3.18. The number of hydrogen-bond donors (Lipinski definition) is 3. The molecule has 0 amide bonds. The molecule has 0 bridgehead atoms. The average Bonchev–Trinajstić information content (AvgIpc) is 2.08. The molecule has 0 aliphatic heterocycles. The van der Waals surface area contributed by atoms with Gasteiger partial charge in [-0.15, -0.1) is 0 Å². The molecule has 5 nitrogen and oxygen atoms in total. The van der Waals surface area contributed by atoms with Crippen LogP contribution in [0.3, 0.4) is 0 Å². The molecule has 0 atom stereocenters. The summed E-state index contributed by atoms with van der Waals surface area (Å²) in [7, 11) is 0. The van der Waals surface area contributed by atoms with Gasteiger partial charge in [0.25, 0.3) is 0 Å². The molecular formula is C8H8N2O3. The zero-order valence-electron chi connectivity index (χ0n) is 6.64. The normalized spacial score (nSPS) is 10.5. The van der Waals surface area contributed by atoms with E-state index in [4.69, 9.17) is 16.1 Å². The summed E-state index contributed by atoms with van der Waals surface area (Å²) >= 11 is 0. The zero-order chi connectivity index (χ0) is 9.84. The molecular weight excluding hydrogens is 172 g/mol. The maximum absolute atomic E-state index is 10.5. The van der Waals surface area contributed by atoms with Gasteiger partial charge in [-0.2, -0.15) is 5.10 Å². The molecule has 1 rings (SSSR count). The lowest BCUT2D eigenvalue weighted by Gasteiger charge is -1.99. The smallest absolute Gasteiger partial charge is 0.339 e. The highest BCUT2D eigenvalue weighted by atomic mass is 16.4. The number of phenols is 1. The SMILES string of the molecule is NN=Cc1ccc(O)c(C(=O)O)c1. The van der Waals surface area contributed by atoms with Gasteiger partial charge in [0.1, 0.15) is 11.3 Å². The number of nitrogens with two attached hydrogens (primary N) is 1. The van der Waals surface area contributed by atoms with Gasteiger partial charge in [-0.25, -0.2) is 4.79 Å². The van der Waals surface area contributed by atoms with E-state index in [9.17, 15) is 4.79 Å². The largest absolute Gasteiger partial charge is 0.507 e. The number of carboxylic acids is 1. The number of carboxylic acid groups (broad SMARTS) is 1. The highest BCUT2D eigenvalue weighted by Crippen LogP contribution is 2.17. The van der Waals surface area contributed by atoms with Crippen molar-refractivity contribution < 1.29 is 15.0 Å². The van der Waals surface area contributed by atoms with E-state index in [0.29, 0.717) is 5.56 Å².